The summed E-state index contributed by atoms with van der Waals surface area (Å²) in [5.74, 6) is 1.66. The lowest BCUT2D eigenvalue weighted by atomic mass is 9.98. The number of fused-ring (bicyclic) bond motifs is 2. The van der Waals surface area contributed by atoms with Crippen molar-refractivity contribution in [2.24, 2.45) is 5.11 Å². The first kappa shape index (κ1) is 34.7. The number of benzene rings is 2. The molecule has 0 bridgehead atoms. The minimum atomic E-state index is -0.211. The molecule has 0 amide bonds. The van der Waals surface area contributed by atoms with Crippen LogP contribution in [0.3, 0.4) is 0 Å². The van der Waals surface area contributed by atoms with Crippen molar-refractivity contribution in [1.82, 2.24) is 4.98 Å². The SMILES string of the molecule is [N-]=[N+]=NCCOCCOCCOCCOC(=O)C[C@@H]1CCc2cc(OCCCOc3ccc(-c4nc5c(s4)CCCC5)cc3)ccc21. The Balaban J connectivity index is 0.906. The van der Waals surface area contributed by atoms with Crippen LogP contribution >= 0.6 is 11.3 Å². The van der Waals surface area contributed by atoms with Gasteiger partial charge in [0.15, 0.2) is 0 Å². The first-order valence-electron chi connectivity index (χ1n) is 16.6. The van der Waals surface area contributed by atoms with Crippen molar-refractivity contribution >= 4 is 17.3 Å². The number of esters is 1. The minimum Gasteiger partial charge on any atom is -0.493 e. The smallest absolute Gasteiger partial charge is 0.306 e. The van der Waals surface area contributed by atoms with E-state index in [1.54, 1.807) is 0 Å². The Morgan fingerprint density at radius 1 is 0.851 bits per heavy atom. The molecule has 1 aromatic heterocycles. The van der Waals surface area contributed by atoms with Gasteiger partial charge in [0.1, 0.15) is 23.1 Å². The second-order valence-corrected chi connectivity index (χ2v) is 12.6. The molecule has 0 fully saturated rings. The molecule has 0 N–H and O–H groups in total. The summed E-state index contributed by atoms with van der Waals surface area (Å²) in [7, 11) is 0. The molecule has 0 unspecified atom stereocenters. The molecule has 2 aliphatic rings. The summed E-state index contributed by atoms with van der Waals surface area (Å²) in [4.78, 5) is 21.4. The van der Waals surface area contributed by atoms with Crippen molar-refractivity contribution in [3.63, 3.8) is 0 Å². The van der Waals surface area contributed by atoms with Crippen molar-refractivity contribution in [3.05, 3.63) is 74.6 Å². The van der Waals surface area contributed by atoms with Crippen LogP contribution in [0.25, 0.3) is 21.0 Å². The highest BCUT2D eigenvalue weighted by Gasteiger charge is 2.26. The van der Waals surface area contributed by atoms with E-state index in [2.05, 4.69) is 34.3 Å². The summed E-state index contributed by atoms with van der Waals surface area (Å²) in [5, 5.41) is 4.49. The van der Waals surface area contributed by atoms with E-state index >= 15 is 0 Å². The molecule has 2 aliphatic carbocycles. The van der Waals surface area contributed by atoms with Crippen LogP contribution in [0.1, 0.15) is 59.7 Å². The van der Waals surface area contributed by atoms with E-state index in [-0.39, 0.29) is 18.5 Å². The summed E-state index contributed by atoms with van der Waals surface area (Å²) in [6.45, 7) is 4.08. The van der Waals surface area contributed by atoms with Gasteiger partial charge in [-0.1, -0.05) is 11.2 Å². The molecular formula is C35H44N4O7S. The topological polar surface area (TPSA) is 134 Å². The molecule has 0 aliphatic heterocycles. The fourth-order valence-corrected chi connectivity index (χ4v) is 6.91. The number of hydrogen-bond donors (Lipinski definition) is 0. The fourth-order valence-electron chi connectivity index (χ4n) is 5.76. The molecule has 2 aromatic carbocycles. The van der Waals surface area contributed by atoms with Crippen LogP contribution in [-0.2, 0) is 43.0 Å². The first-order chi connectivity index (χ1) is 23.2. The van der Waals surface area contributed by atoms with Gasteiger partial charge in [0.25, 0.3) is 0 Å². The third-order valence-electron chi connectivity index (χ3n) is 8.14. The molecule has 5 rings (SSSR count). The van der Waals surface area contributed by atoms with Gasteiger partial charge in [-0.15, -0.1) is 11.3 Å². The molecular weight excluding hydrogens is 620 g/mol. The molecule has 0 saturated carbocycles. The number of carbonyl (C=O) groups is 1. The van der Waals surface area contributed by atoms with E-state index in [1.807, 2.05) is 29.5 Å². The molecule has 12 heteroatoms. The number of rotatable bonds is 21. The molecule has 1 heterocycles. The van der Waals surface area contributed by atoms with Gasteiger partial charge in [0, 0.05) is 28.3 Å². The van der Waals surface area contributed by atoms with Crippen LogP contribution in [0.5, 0.6) is 11.5 Å². The Morgan fingerprint density at radius 2 is 1.55 bits per heavy atom. The Kier molecular flexibility index (Phi) is 14.2. The van der Waals surface area contributed by atoms with E-state index in [0.29, 0.717) is 65.8 Å². The predicted molar refractivity (Wildman–Crippen MR) is 179 cm³/mol. The zero-order chi connectivity index (χ0) is 32.5. The van der Waals surface area contributed by atoms with E-state index in [4.69, 9.17) is 38.9 Å². The molecule has 252 valence electrons. The minimum absolute atomic E-state index is 0.163. The highest BCUT2D eigenvalue weighted by Crippen LogP contribution is 2.37. The Labute approximate surface area is 280 Å². The molecule has 3 aromatic rings. The maximum Gasteiger partial charge on any atom is 0.306 e. The predicted octanol–water partition coefficient (Wildman–Crippen LogP) is 6.86. The Hall–Kier alpha value is -3.67. The maximum atomic E-state index is 12.4. The summed E-state index contributed by atoms with van der Waals surface area (Å²) in [6, 6.07) is 14.4. The Morgan fingerprint density at radius 3 is 2.32 bits per heavy atom. The normalized spacial score (nSPS) is 15.0. The second kappa shape index (κ2) is 19.2. The number of aromatic nitrogens is 1. The van der Waals surface area contributed by atoms with Crippen molar-refractivity contribution in [1.29, 1.82) is 0 Å². The van der Waals surface area contributed by atoms with Crippen molar-refractivity contribution in [2.75, 3.05) is 66.0 Å². The largest absolute Gasteiger partial charge is 0.493 e. The van der Waals surface area contributed by atoms with E-state index in [1.165, 1.54) is 34.5 Å². The highest BCUT2D eigenvalue weighted by atomic mass is 32.1. The van der Waals surface area contributed by atoms with Crippen LogP contribution in [-0.4, -0.2) is 77.0 Å². The lowest BCUT2D eigenvalue weighted by Gasteiger charge is -2.13. The number of ether oxygens (including phenoxy) is 6. The molecule has 0 saturated heterocycles. The molecule has 47 heavy (non-hydrogen) atoms. The number of thiazole rings is 1. The van der Waals surface area contributed by atoms with Gasteiger partial charge >= 0.3 is 5.97 Å². The number of nitrogens with zero attached hydrogens (tertiary/aromatic N) is 4. The van der Waals surface area contributed by atoms with Crippen LogP contribution in [0.15, 0.2) is 47.6 Å². The van der Waals surface area contributed by atoms with Crippen LogP contribution in [0.4, 0.5) is 0 Å². The molecule has 11 nitrogen and oxygen atoms in total. The zero-order valence-corrected chi connectivity index (χ0v) is 27.7. The van der Waals surface area contributed by atoms with E-state index < -0.39 is 0 Å². The average Bonchev–Trinajstić information content (AvgIpc) is 3.71. The quantitative estimate of drug-likeness (QED) is 0.0396. The monoisotopic (exact) mass is 664 g/mol. The number of hydrogen-bond acceptors (Lipinski definition) is 10. The summed E-state index contributed by atoms with van der Waals surface area (Å²) in [5.41, 5.74) is 13.1. The number of carbonyl (C=O) groups excluding carboxylic acids is 1. The van der Waals surface area contributed by atoms with Crippen molar-refractivity contribution in [3.8, 4) is 22.1 Å². The van der Waals surface area contributed by atoms with Gasteiger partial charge < -0.3 is 28.4 Å². The number of azide groups is 1. The average molecular weight is 665 g/mol. The maximum absolute atomic E-state index is 12.4. The molecule has 1 atom stereocenters. The molecule has 0 radical (unpaired) electrons. The lowest BCUT2D eigenvalue weighted by molar-refractivity contribution is -0.145. The second-order valence-electron chi connectivity index (χ2n) is 11.5. The molecule has 0 spiro atoms. The van der Waals surface area contributed by atoms with Gasteiger partial charge in [-0.25, -0.2) is 4.98 Å². The Bertz CT molecular complexity index is 1440. The van der Waals surface area contributed by atoms with Gasteiger partial charge in [-0.2, -0.15) is 0 Å². The van der Waals surface area contributed by atoms with Crippen LogP contribution < -0.4 is 9.47 Å². The zero-order valence-electron chi connectivity index (χ0n) is 26.9. The number of aryl methyl sites for hydroxylation is 3. The highest BCUT2D eigenvalue weighted by molar-refractivity contribution is 7.15. The van der Waals surface area contributed by atoms with Gasteiger partial charge in [-0.05, 0) is 97.5 Å². The van der Waals surface area contributed by atoms with Gasteiger partial charge in [0.2, 0.25) is 0 Å². The lowest BCUT2D eigenvalue weighted by Crippen LogP contribution is -2.15. The van der Waals surface area contributed by atoms with Crippen molar-refractivity contribution < 1.29 is 33.2 Å². The standard InChI is InChI=1S/C35H44N4O7S/c36-39-37-14-17-41-18-19-42-20-21-43-22-23-46-34(40)25-28-7-6-27-24-30(12-13-31(27)28)45-16-3-15-44-29-10-8-26(9-11-29)35-38-32-4-1-2-5-33(32)47-35/h8-13,24,28H,1-7,14-23,25H2/t28-/m0/s1. The summed E-state index contributed by atoms with van der Waals surface area (Å²) < 4.78 is 33.5. The van der Waals surface area contributed by atoms with Gasteiger partial charge in [-0.3, -0.25) is 4.79 Å². The van der Waals surface area contributed by atoms with Crippen LogP contribution in [0, 0.1) is 0 Å². The van der Waals surface area contributed by atoms with E-state index in [9.17, 15) is 4.79 Å². The van der Waals surface area contributed by atoms with Crippen molar-refractivity contribution in [2.45, 2.75) is 57.3 Å². The van der Waals surface area contributed by atoms with E-state index in [0.717, 1.165) is 54.2 Å². The third kappa shape index (κ3) is 11.2. The van der Waals surface area contributed by atoms with Crippen LogP contribution in [0.2, 0.25) is 0 Å². The summed E-state index contributed by atoms with van der Waals surface area (Å²) in [6.07, 6.45) is 7.78. The first-order valence-corrected chi connectivity index (χ1v) is 17.4. The fraction of sp³-hybridized carbons (Fsp3) is 0.543. The van der Waals surface area contributed by atoms with Gasteiger partial charge in [0.05, 0.1) is 65.0 Å². The third-order valence-corrected chi connectivity index (χ3v) is 9.34. The summed E-state index contributed by atoms with van der Waals surface area (Å²) >= 11 is 1.83.